The van der Waals surface area contributed by atoms with Crippen LogP contribution in [0.5, 0.6) is 0 Å². The summed E-state index contributed by atoms with van der Waals surface area (Å²) in [6, 6.07) is 0.774. The number of nitrogens with zero attached hydrogens (tertiary/aromatic N) is 2. The molecule has 1 aliphatic carbocycles. The molecule has 3 rings (SSSR count). The summed E-state index contributed by atoms with van der Waals surface area (Å²) in [6.07, 6.45) is 2.25. The molecule has 1 saturated heterocycles. The lowest BCUT2D eigenvalue weighted by Gasteiger charge is -2.07. The van der Waals surface area contributed by atoms with Gasteiger partial charge in [0.25, 0.3) is 16.3 Å². The summed E-state index contributed by atoms with van der Waals surface area (Å²) < 4.78 is 3.69. The Hall–Kier alpha value is -0.298. The number of imidazole rings is 1. The average Bonchev–Trinajstić information content (AvgIpc) is 2.47. The van der Waals surface area contributed by atoms with E-state index in [1.807, 2.05) is 0 Å². The minimum absolute atomic E-state index is 0.774. The maximum atomic E-state index is 4.50. The molecule has 0 spiro atoms. The van der Waals surface area contributed by atoms with Crippen LogP contribution in [-0.2, 0) is 0 Å². The van der Waals surface area contributed by atoms with Crippen molar-refractivity contribution in [1.29, 1.82) is 0 Å². The fraction of sp³-hybridized carbons (Fsp3) is 0.667. The van der Waals surface area contributed by atoms with Gasteiger partial charge in [-0.05, 0) is 23.3 Å². The van der Waals surface area contributed by atoms with Gasteiger partial charge in [-0.3, -0.25) is 4.98 Å². The molecule has 1 aromatic rings. The van der Waals surface area contributed by atoms with Gasteiger partial charge in [0.15, 0.2) is 0 Å². The molecule has 4 heteroatoms. The summed E-state index contributed by atoms with van der Waals surface area (Å²) in [7, 11) is 0. The molecular formula is C9H14AlN3. The molecule has 0 aromatic carbocycles. The molecule has 13 heavy (non-hydrogen) atoms. The zero-order chi connectivity index (χ0) is 9.00. The molecule has 0 radical (unpaired) electrons. The van der Waals surface area contributed by atoms with E-state index in [2.05, 4.69) is 28.0 Å². The van der Waals surface area contributed by atoms with Crippen LogP contribution in [0.4, 0.5) is 0 Å². The fourth-order valence-corrected chi connectivity index (χ4v) is 3.34. The van der Waals surface area contributed by atoms with Gasteiger partial charge in [0.2, 0.25) is 0 Å². The van der Waals surface area contributed by atoms with Crippen molar-refractivity contribution in [2.24, 2.45) is 11.8 Å². The maximum absolute atomic E-state index is 4.50. The van der Waals surface area contributed by atoms with Crippen LogP contribution in [0.3, 0.4) is 0 Å². The van der Waals surface area contributed by atoms with E-state index in [0.717, 1.165) is 34.2 Å². The Morgan fingerprint density at radius 2 is 2.23 bits per heavy atom. The molecule has 2 aliphatic rings. The second kappa shape index (κ2) is 2.60. The van der Waals surface area contributed by atoms with E-state index in [1.54, 1.807) is 0 Å². The first-order valence-corrected chi connectivity index (χ1v) is 6.00. The van der Waals surface area contributed by atoms with E-state index in [1.165, 1.54) is 23.5 Å². The summed E-state index contributed by atoms with van der Waals surface area (Å²) >= 11 is 1.08. The molecule has 2 heterocycles. The molecule has 0 bridgehead atoms. The smallest absolute Gasteiger partial charge is 0.292 e. The summed E-state index contributed by atoms with van der Waals surface area (Å²) in [6.45, 7) is 4.55. The van der Waals surface area contributed by atoms with Gasteiger partial charge < -0.3 is 9.88 Å². The zero-order valence-corrected chi connectivity index (χ0v) is 10.1. The summed E-state index contributed by atoms with van der Waals surface area (Å²) in [5, 5.41) is 3.42. The lowest BCUT2D eigenvalue weighted by molar-refractivity contribution is 0.559. The number of rotatable bonds is 1. The predicted molar refractivity (Wildman–Crippen MR) is 54.0 cm³/mol. The van der Waals surface area contributed by atoms with Crippen molar-refractivity contribution in [3.8, 4) is 0 Å². The largest absolute Gasteiger partial charge is 0.333 e. The highest BCUT2D eigenvalue weighted by Crippen LogP contribution is 2.52. The molecule has 2 fully saturated rings. The molecule has 1 aromatic heterocycles. The van der Waals surface area contributed by atoms with Crippen molar-refractivity contribution >= 4 is 20.8 Å². The van der Waals surface area contributed by atoms with Crippen molar-refractivity contribution in [3.63, 3.8) is 0 Å². The van der Waals surface area contributed by atoms with E-state index >= 15 is 0 Å². The number of fused-ring (bicyclic) bond motifs is 1. The standard InChI is InChI=1S/C9H12N3.Al.2H/c1-6-11-2-3-12(6)9-7-4-10-5-8(7)9;;;/h3,7-10H,4-5H2,1H3;;;/t7-,8+,9?;;;. The monoisotopic (exact) mass is 191 g/mol. The van der Waals surface area contributed by atoms with Gasteiger partial charge in [-0.1, -0.05) is 0 Å². The number of nitrogens with one attached hydrogen (secondary N) is 1. The number of hydrogen-bond acceptors (Lipinski definition) is 2. The highest BCUT2D eigenvalue weighted by Gasteiger charge is 2.54. The van der Waals surface area contributed by atoms with Crippen LogP contribution in [0, 0.1) is 18.8 Å². The first-order chi connectivity index (χ1) is 6.27. The van der Waals surface area contributed by atoms with E-state index in [0.29, 0.717) is 0 Å². The van der Waals surface area contributed by atoms with Crippen molar-refractivity contribution < 1.29 is 0 Å². The first kappa shape index (κ1) is 8.05. The number of piperidine rings is 1. The Labute approximate surface area is 86.0 Å². The molecule has 68 valence electrons. The van der Waals surface area contributed by atoms with E-state index in [4.69, 9.17) is 0 Å². The minimum Gasteiger partial charge on any atom is -0.333 e. The first-order valence-electron chi connectivity index (χ1n) is 5.00. The molecule has 0 amide bonds. The van der Waals surface area contributed by atoms with Crippen LogP contribution in [0.2, 0.25) is 0 Å². The normalized spacial score (nSPS) is 36.2. The van der Waals surface area contributed by atoms with Crippen LogP contribution in [-0.4, -0.2) is 38.9 Å². The van der Waals surface area contributed by atoms with Gasteiger partial charge in [0.1, 0.15) is 5.82 Å². The topological polar surface area (TPSA) is 29.9 Å². The van der Waals surface area contributed by atoms with Crippen LogP contribution in [0.25, 0.3) is 0 Å². The Balaban J connectivity index is 1.90. The SMILES string of the molecule is Cc1n[c]([AlH2])cn1C1[C@H]2CNC[C@@H]12. The second-order valence-electron chi connectivity index (χ2n) is 4.31. The van der Waals surface area contributed by atoms with E-state index < -0.39 is 0 Å². The van der Waals surface area contributed by atoms with Gasteiger partial charge in [-0.25, -0.2) is 0 Å². The minimum atomic E-state index is 0.774. The molecule has 1 aliphatic heterocycles. The highest BCUT2D eigenvalue weighted by molar-refractivity contribution is 6.30. The lowest BCUT2D eigenvalue weighted by atomic mass is 10.4. The average molecular weight is 191 g/mol. The third-order valence-electron chi connectivity index (χ3n) is 3.41. The molecule has 1 unspecified atom stereocenters. The van der Waals surface area contributed by atoms with Crippen LogP contribution in [0.15, 0.2) is 6.20 Å². The Morgan fingerprint density at radius 3 is 2.77 bits per heavy atom. The quantitative estimate of drug-likeness (QED) is 0.567. The second-order valence-corrected chi connectivity index (χ2v) is 5.34. The Bertz CT molecular complexity index is 337. The van der Waals surface area contributed by atoms with Crippen molar-refractivity contribution in [2.75, 3.05) is 13.1 Å². The van der Waals surface area contributed by atoms with Crippen molar-refractivity contribution in [3.05, 3.63) is 12.0 Å². The van der Waals surface area contributed by atoms with Crippen molar-refractivity contribution in [2.45, 2.75) is 13.0 Å². The summed E-state index contributed by atoms with van der Waals surface area (Å²) in [5.41, 5.74) is 0. The zero-order valence-electron chi connectivity index (χ0n) is 8.12. The molecule has 3 nitrogen and oxygen atoms in total. The fourth-order valence-electron chi connectivity index (χ4n) is 2.74. The summed E-state index contributed by atoms with van der Waals surface area (Å²) in [5.74, 6) is 3.01. The lowest BCUT2D eigenvalue weighted by Crippen LogP contribution is -2.16. The molecular weight excluding hydrogens is 177 g/mol. The van der Waals surface area contributed by atoms with Gasteiger partial charge in [0.05, 0.1) is 0 Å². The van der Waals surface area contributed by atoms with Gasteiger partial charge in [-0.15, -0.1) is 0 Å². The summed E-state index contributed by atoms with van der Waals surface area (Å²) in [4.78, 5) is 4.50. The molecule has 1 saturated carbocycles. The van der Waals surface area contributed by atoms with E-state index in [-0.39, 0.29) is 0 Å². The third-order valence-corrected chi connectivity index (χ3v) is 3.89. The van der Waals surface area contributed by atoms with E-state index in [9.17, 15) is 0 Å². The Kier molecular flexibility index (Phi) is 1.61. The Morgan fingerprint density at radius 1 is 1.54 bits per heavy atom. The number of hydrogen-bond donors (Lipinski definition) is 1. The van der Waals surface area contributed by atoms with Crippen molar-refractivity contribution in [1.82, 2.24) is 14.9 Å². The number of aromatic nitrogens is 2. The molecule has 1 N–H and O–H groups in total. The number of aryl methyl sites for hydroxylation is 1. The third kappa shape index (κ3) is 1.10. The van der Waals surface area contributed by atoms with Crippen LogP contribution < -0.4 is 9.87 Å². The van der Waals surface area contributed by atoms with Gasteiger partial charge in [0, 0.05) is 25.3 Å². The van der Waals surface area contributed by atoms with Crippen LogP contribution >= 0.6 is 0 Å². The maximum Gasteiger partial charge on any atom is 0.292 e. The van der Waals surface area contributed by atoms with Crippen LogP contribution in [0.1, 0.15) is 11.9 Å². The molecule has 3 atom stereocenters. The highest BCUT2D eigenvalue weighted by atomic mass is 27.0. The van der Waals surface area contributed by atoms with Gasteiger partial charge >= 0.3 is 0 Å². The predicted octanol–water partition coefficient (Wildman–Crippen LogP) is -1.16. The van der Waals surface area contributed by atoms with Gasteiger partial charge in [-0.2, -0.15) is 0 Å².